The Morgan fingerprint density at radius 3 is 2.72 bits per heavy atom. The minimum absolute atomic E-state index is 0.0444. The van der Waals surface area contributed by atoms with Gasteiger partial charge in [-0.1, -0.05) is 13.0 Å². The van der Waals surface area contributed by atoms with E-state index < -0.39 is 9.84 Å². The van der Waals surface area contributed by atoms with Crippen LogP contribution in [-0.4, -0.2) is 59.3 Å². The van der Waals surface area contributed by atoms with Gasteiger partial charge in [0.15, 0.2) is 15.8 Å². The number of methoxy groups -OCH3 is 1. The summed E-state index contributed by atoms with van der Waals surface area (Å²) in [6.45, 7) is 5.74. The first kappa shape index (κ1) is 21.2. The fourth-order valence-corrected chi connectivity index (χ4v) is 2.60. The topological polar surface area (TPSA) is 89.0 Å². The average molecular weight is 372 g/mol. The molecule has 8 heteroatoms. The van der Waals surface area contributed by atoms with Gasteiger partial charge in [0, 0.05) is 44.2 Å². The first-order valence-electron chi connectivity index (χ1n) is 8.48. The molecule has 0 radical (unpaired) electrons. The third kappa shape index (κ3) is 9.31. The van der Waals surface area contributed by atoms with Gasteiger partial charge in [0.05, 0.1) is 18.9 Å². The molecule has 0 saturated carbocycles. The van der Waals surface area contributed by atoms with Gasteiger partial charge in [0.1, 0.15) is 5.75 Å². The van der Waals surface area contributed by atoms with Gasteiger partial charge in [0.25, 0.3) is 0 Å². The molecule has 0 amide bonds. The lowest BCUT2D eigenvalue weighted by Crippen LogP contribution is -2.31. The van der Waals surface area contributed by atoms with E-state index in [0.29, 0.717) is 25.7 Å². The van der Waals surface area contributed by atoms with Crippen molar-refractivity contribution in [1.82, 2.24) is 5.32 Å². The third-order valence-corrected chi connectivity index (χ3v) is 5.00. The van der Waals surface area contributed by atoms with E-state index in [1.807, 2.05) is 31.2 Å². The standard InChI is InChI=1S/C17H29N3O4S/c1-4-18-17(19-10-13-25(21,22)5-2)20-15-8-6-9-16(14-15)24-12-7-11-23-3/h6,8-9,14H,4-5,7,10-13H2,1-3H3,(H2,18,19,20). The SMILES string of the molecule is CCNC(=NCCS(=O)(=O)CC)Nc1cccc(OCCCOC)c1. The summed E-state index contributed by atoms with van der Waals surface area (Å²) in [5.74, 6) is 1.48. The zero-order chi connectivity index (χ0) is 18.5. The maximum atomic E-state index is 11.6. The molecule has 25 heavy (non-hydrogen) atoms. The Bertz CT molecular complexity index is 633. The van der Waals surface area contributed by atoms with E-state index in [-0.39, 0.29) is 18.1 Å². The number of nitrogens with zero attached hydrogens (tertiary/aromatic N) is 1. The normalized spacial score (nSPS) is 12.0. The van der Waals surface area contributed by atoms with Crippen LogP contribution in [0.15, 0.2) is 29.3 Å². The number of hydrogen-bond acceptors (Lipinski definition) is 5. The number of benzene rings is 1. The van der Waals surface area contributed by atoms with Crippen molar-refractivity contribution < 1.29 is 17.9 Å². The van der Waals surface area contributed by atoms with Gasteiger partial charge in [-0.15, -0.1) is 0 Å². The van der Waals surface area contributed by atoms with Crippen LogP contribution in [0.5, 0.6) is 5.75 Å². The number of ether oxygens (including phenoxy) is 2. The molecule has 0 aliphatic rings. The van der Waals surface area contributed by atoms with Gasteiger partial charge in [-0.2, -0.15) is 0 Å². The maximum Gasteiger partial charge on any atom is 0.195 e. The van der Waals surface area contributed by atoms with E-state index in [2.05, 4.69) is 15.6 Å². The second kappa shape index (κ2) is 11.7. The van der Waals surface area contributed by atoms with E-state index in [9.17, 15) is 8.42 Å². The van der Waals surface area contributed by atoms with E-state index in [1.165, 1.54) is 0 Å². The second-order valence-corrected chi connectivity index (χ2v) is 7.82. The van der Waals surface area contributed by atoms with Crippen molar-refractivity contribution in [3.8, 4) is 5.75 Å². The van der Waals surface area contributed by atoms with Gasteiger partial charge < -0.3 is 20.1 Å². The molecule has 0 aliphatic heterocycles. The van der Waals surface area contributed by atoms with Crippen molar-refractivity contribution >= 4 is 21.5 Å². The Kier molecular flexibility index (Phi) is 9.94. The highest BCUT2D eigenvalue weighted by Gasteiger charge is 2.07. The minimum atomic E-state index is -3.02. The van der Waals surface area contributed by atoms with Crippen LogP contribution < -0.4 is 15.4 Å². The number of anilines is 1. The molecule has 7 nitrogen and oxygen atoms in total. The lowest BCUT2D eigenvalue weighted by molar-refractivity contribution is 0.172. The molecule has 0 unspecified atom stereocenters. The summed E-state index contributed by atoms with van der Waals surface area (Å²) in [7, 11) is -1.35. The predicted octanol–water partition coefficient (Wildman–Crippen LogP) is 1.91. The summed E-state index contributed by atoms with van der Waals surface area (Å²) >= 11 is 0. The molecule has 1 aromatic rings. The Morgan fingerprint density at radius 1 is 1.24 bits per heavy atom. The van der Waals surface area contributed by atoms with Gasteiger partial charge in [-0.25, -0.2) is 8.42 Å². The Labute approximate surface area is 150 Å². The van der Waals surface area contributed by atoms with Gasteiger partial charge in [0.2, 0.25) is 0 Å². The monoisotopic (exact) mass is 371 g/mol. The summed E-state index contributed by atoms with van der Waals surface area (Å²) in [5.41, 5.74) is 0.822. The van der Waals surface area contributed by atoms with Crippen molar-refractivity contribution in [2.24, 2.45) is 4.99 Å². The molecular formula is C17H29N3O4S. The number of guanidine groups is 1. The first-order valence-corrected chi connectivity index (χ1v) is 10.3. The van der Waals surface area contributed by atoms with Crippen LogP contribution in [-0.2, 0) is 14.6 Å². The minimum Gasteiger partial charge on any atom is -0.493 e. The number of nitrogens with one attached hydrogen (secondary N) is 2. The fourth-order valence-electron chi connectivity index (χ4n) is 1.94. The summed E-state index contributed by atoms with van der Waals surface area (Å²) in [5, 5.41) is 6.27. The second-order valence-electron chi connectivity index (χ2n) is 5.34. The average Bonchev–Trinajstić information content (AvgIpc) is 2.59. The molecule has 0 atom stereocenters. The largest absolute Gasteiger partial charge is 0.493 e. The summed E-state index contributed by atoms with van der Waals surface area (Å²) in [4.78, 5) is 4.32. The Hall–Kier alpha value is -1.80. The zero-order valence-corrected chi connectivity index (χ0v) is 16.1. The van der Waals surface area contributed by atoms with Crippen LogP contribution in [0, 0.1) is 0 Å². The molecule has 0 spiro atoms. The van der Waals surface area contributed by atoms with Crippen LogP contribution in [0.2, 0.25) is 0 Å². The molecule has 0 saturated heterocycles. The fraction of sp³-hybridized carbons (Fsp3) is 0.588. The lowest BCUT2D eigenvalue weighted by Gasteiger charge is -2.13. The molecule has 0 bridgehead atoms. The van der Waals surface area contributed by atoms with E-state index in [0.717, 1.165) is 17.9 Å². The summed E-state index contributed by atoms with van der Waals surface area (Å²) in [6, 6.07) is 7.55. The van der Waals surface area contributed by atoms with Crippen molar-refractivity contribution in [1.29, 1.82) is 0 Å². The van der Waals surface area contributed by atoms with Crippen molar-refractivity contribution in [3.63, 3.8) is 0 Å². The molecule has 1 aromatic carbocycles. The lowest BCUT2D eigenvalue weighted by atomic mass is 10.3. The number of hydrogen-bond donors (Lipinski definition) is 2. The van der Waals surface area contributed by atoms with E-state index in [4.69, 9.17) is 9.47 Å². The molecule has 0 fully saturated rings. The van der Waals surface area contributed by atoms with E-state index in [1.54, 1.807) is 14.0 Å². The highest BCUT2D eigenvalue weighted by Crippen LogP contribution is 2.17. The Morgan fingerprint density at radius 2 is 2.04 bits per heavy atom. The van der Waals surface area contributed by atoms with Crippen molar-refractivity contribution in [3.05, 3.63) is 24.3 Å². The van der Waals surface area contributed by atoms with Crippen LogP contribution in [0.25, 0.3) is 0 Å². The smallest absolute Gasteiger partial charge is 0.195 e. The van der Waals surface area contributed by atoms with Gasteiger partial charge in [-0.3, -0.25) is 4.99 Å². The number of aliphatic imine (C=N–C) groups is 1. The molecule has 0 aromatic heterocycles. The highest BCUT2D eigenvalue weighted by atomic mass is 32.2. The van der Waals surface area contributed by atoms with Crippen LogP contribution in [0.3, 0.4) is 0 Å². The van der Waals surface area contributed by atoms with Crippen molar-refractivity contribution in [2.75, 3.05) is 50.2 Å². The molecule has 0 heterocycles. The molecule has 0 aliphatic carbocycles. The molecule has 2 N–H and O–H groups in total. The quantitative estimate of drug-likeness (QED) is 0.351. The van der Waals surface area contributed by atoms with Crippen LogP contribution >= 0.6 is 0 Å². The Balaban J connectivity index is 2.64. The van der Waals surface area contributed by atoms with Crippen LogP contribution in [0.4, 0.5) is 5.69 Å². The highest BCUT2D eigenvalue weighted by molar-refractivity contribution is 7.91. The number of sulfone groups is 1. The maximum absolute atomic E-state index is 11.6. The summed E-state index contributed by atoms with van der Waals surface area (Å²) in [6.07, 6.45) is 0.824. The van der Waals surface area contributed by atoms with Gasteiger partial charge >= 0.3 is 0 Å². The van der Waals surface area contributed by atoms with Crippen molar-refractivity contribution in [2.45, 2.75) is 20.3 Å². The number of rotatable bonds is 11. The van der Waals surface area contributed by atoms with Gasteiger partial charge in [-0.05, 0) is 19.1 Å². The van der Waals surface area contributed by atoms with Crippen LogP contribution in [0.1, 0.15) is 20.3 Å². The zero-order valence-electron chi connectivity index (χ0n) is 15.2. The first-order chi connectivity index (χ1) is 12.0. The molecule has 142 valence electrons. The summed E-state index contributed by atoms with van der Waals surface area (Å²) < 4.78 is 33.8. The molecule has 1 rings (SSSR count). The third-order valence-electron chi connectivity index (χ3n) is 3.31. The molecular weight excluding hydrogens is 342 g/mol. The van der Waals surface area contributed by atoms with E-state index >= 15 is 0 Å². The predicted molar refractivity (Wildman–Crippen MR) is 102 cm³/mol.